The maximum Gasteiger partial charge on any atom is 0.416 e. The van der Waals surface area contributed by atoms with Crippen LogP contribution in [-0.4, -0.2) is 22.4 Å². The Morgan fingerprint density at radius 1 is 1.21 bits per heavy atom. The van der Waals surface area contributed by atoms with Gasteiger partial charge < -0.3 is 0 Å². The zero-order valence-electron chi connectivity index (χ0n) is 15.6. The second-order valence-electron chi connectivity index (χ2n) is 7.17. The van der Waals surface area contributed by atoms with E-state index in [2.05, 4.69) is 10.1 Å². The first kappa shape index (κ1) is 22.2. The van der Waals surface area contributed by atoms with Crippen LogP contribution in [0.4, 0.5) is 22.0 Å². The van der Waals surface area contributed by atoms with Crippen LogP contribution in [0.1, 0.15) is 54.5 Å². The quantitative estimate of drug-likeness (QED) is 0.510. The number of hydrogen-bond donors (Lipinski definition) is 0. The van der Waals surface area contributed by atoms with Crippen molar-refractivity contribution in [3.63, 3.8) is 0 Å². The van der Waals surface area contributed by atoms with Gasteiger partial charge in [0.15, 0.2) is 0 Å². The minimum atomic E-state index is -4.71. The molecule has 10 heteroatoms. The summed E-state index contributed by atoms with van der Waals surface area (Å²) in [5.74, 6) is -2.22. The molecule has 0 spiro atoms. The van der Waals surface area contributed by atoms with Gasteiger partial charge in [0.25, 0.3) is 5.91 Å². The molecule has 0 N–H and O–H groups in total. The molecule has 0 radical (unpaired) electrons. The van der Waals surface area contributed by atoms with Gasteiger partial charge in [0.05, 0.1) is 17.8 Å². The molecular formula is C18H20F5N3OS. The number of amides is 1. The molecule has 0 aliphatic heterocycles. The van der Waals surface area contributed by atoms with Crippen LogP contribution in [-0.2, 0) is 18.1 Å². The second-order valence-corrected chi connectivity index (χ2v) is 8.12. The predicted octanol–water partition coefficient (Wildman–Crippen LogP) is 4.89. The standard InChI is InChI=1S/C18H20F5N3OS/c1-17(2,3)15-25-26(9-5-4-8-19)16(28-15)24-14(27)12-10-11(18(21,22)23)6-7-13(12)20/h6-7,10H,4-5,8-9H2,1-3H3/b24-16-. The first-order chi connectivity index (χ1) is 12.9. The van der Waals surface area contributed by atoms with Gasteiger partial charge in [-0.05, 0) is 31.0 Å². The third-order valence-corrected chi connectivity index (χ3v) is 5.11. The van der Waals surface area contributed by atoms with E-state index in [9.17, 15) is 26.7 Å². The number of aryl methyl sites for hydroxylation is 1. The highest BCUT2D eigenvalue weighted by atomic mass is 32.1. The third kappa shape index (κ3) is 5.46. The van der Waals surface area contributed by atoms with Crippen LogP contribution in [0.2, 0.25) is 0 Å². The van der Waals surface area contributed by atoms with E-state index >= 15 is 0 Å². The molecule has 0 bridgehead atoms. The van der Waals surface area contributed by atoms with Crippen molar-refractivity contribution < 1.29 is 26.7 Å². The van der Waals surface area contributed by atoms with Gasteiger partial charge in [-0.3, -0.25) is 9.18 Å². The van der Waals surface area contributed by atoms with E-state index in [0.717, 1.165) is 11.3 Å². The summed E-state index contributed by atoms with van der Waals surface area (Å²) < 4.78 is 66.3. The van der Waals surface area contributed by atoms with E-state index in [4.69, 9.17) is 0 Å². The minimum absolute atomic E-state index is 0.130. The molecule has 0 unspecified atom stereocenters. The fourth-order valence-corrected chi connectivity index (χ4v) is 3.19. The average Bonchev–Trinajstić information content (AvgIpc) is 2.97. The minimum Gasteiger partial charge on any atom is -0.267 e. The number of halogens is 5. The van der Waals surface area contributed by atoms with Crippen LogP contribution in [0.5, 0.6) is 0 Å². The van der Waals surface area contributed by atoms with Crippen molar-refractivity contribution in [2.75, 3.05) is 6.67 Å². The van der Waals surface area contributed by atoms with Crippen molar-refractivity contribution in [1.29, 1.82) is 0 Å². The highest BCUT2D eigenvalue weighted by Crippen LogP contribution is 2.30. The van der Waals surface area contributed by atoms with Gasteiger partial charge in [0.2, 0.25) is 4.80 Å². The topological polar surface area (TPSA) is 47.2 Å². The number of rotatable bonds is 5. The summed E-state index contributed by atoms with van der Waals surface area (Å²) in [7, 11) is 0. The van der Waals surface area contributed by atoms with Crippen LogP contribution >= 0.6 is 11.3 Å². The summed E-state index contributed by atoms with van der Waals surface area (Å²) in [6.07, 6.45) is -3.97. The Morgan fingerprint density at radius 3 is 2.46 bits per heavy atom. The molecule has 2 rings (SSSR count). The number of hydrogen-bond acceptors (Lipinski definition) is 3. The van der Waals surface area contributed by atoms with Gasteiger partial charge in [-0.1, -0.05) is 32.1 Å². The molecule has 1 aromatic heterocycles. The highest BCUT2D eigenvalue weighted by Gasteiger charge is 2.32. The zero-order chi connectivity index (χ0) is 21.1. The SMILES string of the molecule is CC(C)(C)c1nn(CCCCF)/c(=N/C(=O)c2cc(C(F)(F)F)ccc2F)s1. The Kier molecular flexibility index (Phi) is 6.74. The van der Waals surface area contributed by atoms with Gasteiger partial charge in [0.1, 0.15) is 10.8 Å². The molecule has 4 nitrogen and oxygen atoms in total. The Bertz CT molecular complexity index is 909. The Morgan fingerprint density at radius 2 is 1.89 bits per heavy atom. The first-order valence-electron chi connectivity index (χ1n) is 8.53. The maximum atomic E-state index is 13.9. The van der Waals surface area contributed by atoms with Crippen molar-refractivity contribution in [3.05, 3.63) is 45.0 Å². The van der Waals surface area contributed by atoms with E-state index in [1.165, 1.54) is 4.68 Å². The molecule has 0 aliphatic rings. The summed E-state index contributed by atoms with van der Waals surface area (Å²) in [6.45, 7) is 5.48. The smallest absolute Gasteiger partial charge is 0.267 e. The normalized spacial score (nSPS) is 13.2. The molecule has 0 saturated carbocycles. The molecule has 0 atom stereocenters. The lowest BCUT2D eigenvalue weighted by molar-refractivity contribution is -0.137. The Labute approximate surface area is 162 Å². The molecule has 1 aromatic carbocycles. The molecule has 1 heterocycles. The third-order valence-electron chi connectivity index (χ3n) is 3.74. The number of aromatic nitrogens is 2. The summed E-state index contributed by atoms with van der Waals surface area (Å²) >= 11 is 1.09. The van der Waals surface area contributed by atoms with Crippen molar-refractivity contribution in [3.8, 4) is 0 Å². The van der Waals surface area contributed by atoms with Gasteiger partial charge in [0, 0.05) is 12.0 Å². The van der Waals surface area contributed by atoms with Crippen LogP contribution in [0, 0.1) is 5.82 Å². The molecule has 2 aromatic rings. The molecule has 154 valence electrons. The number of unbranched alkanes of at least 4 members (excludes halogenated alkanes) is 1. The summed E-state index contributed by atoms with van der Waals surface area (Å²) in [6, 6.07) is 1.60. The number of carbonyl (C=O) groups is 1. The summed E-state index contributed by atoms with van der Waals surface area (Å²) in [5, 5.41) is 5.01. The van der Waals surface area contributed by atoms with Crippen molar-refractivity contribution in [2.24, 2.45) is 4.99 Å². The largest absolute Gasteiger partial charge is 0.416 e. The highest BCUT2D eigenvalue weighted by molar-refractivity contribution is 7.09. The van der Waals surface area contributed by atoms with Crippen LogP contribution in [0.15, 0.2) is 23.2 Å². The van der Waals surface area contributed by atoms with Gasteiger partial charge in [-0.2, -0.15) is 23.3 Å². The monoisotopic (exact) mass is 421 g/mol. The average molecular weight is 421 g/mol. The zero-order valence-corrected chi connectivity index (χ0v) is 16.4. The fourth-order valence-electron chi connectivity index (χ4n) is 2.21. The van der Waals surface area contributed by atoms with Gasteiger partial charge in [-0.15, -0.1) is 0 Å². The molecule has 0 saturated heterocycles. The van der Waals surface area contributed by atoms with Gasteiger partial charge >= 0.3 is 6.18 Å². The summed E-state index contributed by atoms with van der Waals surface area (Å²) in [5.41, 5.74) is -2.26. The summed E-state index contributed by atoms with van der Waals surface area (Å²) in [4.78, 5) is 16.3. The molecule has 28 heavy (non-hydrogen) atoms. The van der Waals surface area contributed by atoms with Crippen LogP contribution < -0.4 is 4.80 Å². The van der Waals surface area contributed by atoms with E-state index in [0.29, 0.717) is 36.0 Å². The number of benzene rings is 1. The molecule has 1 amide bonds. The lowest BCUT2D eigenvalue weighted by Gasteiger charge is -2.12. The number of nitrogens with zero attached hydrogens (tertiary/aromatic N) is 3. The maximum absolute atomic E-state index is 13.9. The van der Waals surface area contributed by atoms with E-state index in [1.807, 2.05) is 20.8 Å². The van der Waals surface area contributed by atoms with Crippen LogP contribution in [0.3, 0.4) is 0 Å². The Balaban J connectivity index is 2.48. The van der Waals surface area contributed by atoms with Crippen molar-refractivity contribution >= 4 is 17.2 Å². The van der Waals surface area contributed by atoms with E-state index in [1.54, 1.807) is 0 Å². The lowest BCUT2D eigenvalue weighted by atomic mass is 9.98. The van der Waals surface area contributed by atoms with Gasteiger partial charge in [-0.25, -0.2) is 9.07 Å². The van der Waals surface area contributed by atoms with E-state index < -0.39 is 35.7 Å². The van der Waals surface area contributed by atoms with Crippen LogP contribution in [0.25, 0.3) is 0 Å². The van der Waals surface area contributed by atoms with E-state index in [-0.39, 0.29) is 16.8 Å². The second kappa shape index (κ2) is 8.50. The number of alkyl halides is 4. The molecular weight excluding hydrogens is 401 g/mol. The fraction of sp³-hybridized carbons (Fsp3) is 0.500. The van der Waals surface area contributed by atoms with Crippen molar-refractivity contribution in [1.82, 2.24) is 9.78 Å². The number of carbonyl (C=O) groups excluding carboxylic acids is 1. The first-order valence-corrected chi connectivity index (χ1v) is 9.35. The lowest BCUT2D eigenvalue weighted by Crippen LogP contribution is -2.20. The van der Waals surface area contributed by atoms with Crippen molar-refractivity contribution in [2.45, 2.75) is 51.7 Å². The predicted molar refractivity (Wildman–Crippen MR) is 95.3 cm³/mol. The molecule has 0 aliphatic carbocycles. The Hall–Kier alpha value is -2.10. The molecule has 0 fully saturated rings.